The van der Waals surface area contributed by atoms with Gasteiger partial charge in [-0.05, 0) is 41.8 Å². The number of rotatable bonds is 12. The van der Waals surface area contributed by atoms with Gasteiger partial charge in [0.15, 0.2) is 11.5 Å². The van der Waals surface area contributed by atoms with Gasteiger partial charge in [-0.1, -0.05) is 66.5 Å². The molecular weight excluding hydrogens is 589 g/mol. The zero-order chi connectivity index (χ0) is 29.6. The van der Waals surface area contributed by atoms with Gasteiger partial charge >= 0.3 is 0 Å². The first-order chi connectivity index (χ1) is 19.6. The van der Waals surface area contributed by atoms with Gasteiger partial charge in [0.2, 0.25) is 28.6 Å². The van der Waals surface area contributed by atoms with Gasteiger partial charge < -0.3 is 19.7 Å². The Kier molecular flexibility index (Phi) is 10.0. The fraction of sp³-hybridized carbons (Fsp3) is 0.310. The largest absolute Gasteiger partial charge is 0.454 e. The van der Waals surface area contributed by atoms with Gasteiger partial charge in [-0.3, -0.25) is 13.9 Å². The summed E-state index contributed by atoms with van der Waals surface area (Å²) in [6, 6.07) is 17.9. The molecule has 0 saturated carbocycles. The second-order valence-electron chi connectivity index (χ2n) is 9.56. The minimum Gasteiger partial charge on any atom is -0.454 e. The van der Waals surface area contributed by atoms with Gasteiger partial charge in [-0.25, -0.2) is 8.42 Å². The average molecular weight is 621 g/mol. The number of nitrogens with zero attached hydrogens (tertiary/aromatic N) is 2. The number of nitrogens with one attached hydrogen (secondary N) is 1. The maximum atomic E-state index is 14.1. The molecular formula is C29H31Cl2N3O6S. The summed E-state index contributed by atoms with van der Waals surface area (Å²) >= 11 is 12.6. The number of fused-ring (bicyclic) bond motifs is 1. The highest BCUT2D eigenvalue weighted by Crippen LogP contribution is 2.36. The topological polar surface area (TPSA) is 105 Å². The molecule has 1 aliphatic rings. The SMILES string of the molecule is CCCNC(=O)[C@@H](Cc1ccccc1)N(Cc1ccc(Cl)cc1Cl)C(=O)CN(c1ccc2c(c1)OCO2)S(C)(=O)=O. The number of sulfonamides is 1. The standard InChI is InChI=1S/C29H31Cl2N3O6S/c1-3-13-32-29(36)25(14-20-7-5-4-6-8-20)33(17-21-9-10-22(30)15-24(21)31)28(35)18-34(41(2,37)38)23-11-12-26-27(16-23)40-19-39-26/h4-12,15-16,25H,3,13-14,17-19H2,1-2H3,(H,32,36)/t25-/m1/s1. The van der Waals surface area contributed by atoms with E-state index in [0.29, 0.717) is 40.1 Å². The van der Waals surface area contributed by atoms with Gasteiger partial charge in [0, 0.05) is 35.6 Å². The molecule has 0 aliphatic carbocycles. The fourth-order valence-corrected chi connectivity index (χ4v) is 5.72. The lowest BCUT2D eigenvalue weighted by Gasteiger charge is -2.33. The normalized spacial score (nSPS) is 13.0. The summed E-state index contributed by atoms with van der Waals surface area (Å²) in [5.41, 5.74) is 1.62. The molecule has 12 heteroatoms. The smallest absolute Gasteiger partial charge is 0.244 e. The lowest BCUT2D eigenvalue weighted by atomic mass is 10.0. The molecule has 218 valence electrons. The Hall–Kier alpha value is -3.47. The number of halogens is 2. The van der Waals surface area contributed by atoms with Crippen molar-refractivity contribution in [2.24, 2.45) is 0 Å². The Balaban J connectivity index is 1.74. The first-order valence-electron chi connectivity index (χ1n) is 13.0. The van der Waals surface area contributed by atoms with Crippen molar-refractivity contribution in [3.05, 3.63) is 87.9 Å². The highest BCUT2D eigenvalue weighted by Gasteiger charge is 2.33. The zero-order valence-corrected chi connectivity index (χ0v) is 25.0. The Morgan fingerprint density at radius 2 is 1.73 bits per heavy atom. The molecule has 0 radical (unpaired) electrons. The maximum absolute atomic E-state index is 14.1. The van der Waals surface area contributed by atoms with Crippen LogP contribution in [-0.4, -0.2) is 57.3 Å². The summed E-state index contributed by atoms with van der Waals surface area (Å²) < 4.78 is 37.6. The van der Waals surface area contributed by atoms with E-state index in [1.165, 1.54) is 17.0 Å². The van der Waals surface area contributed by atoms with Crippen molar-refractivity contribution in [3.63, 3.8) is 0 Å². The van der Waals surface area contributed by atoms with Gasteiger partial charge in [0.05, 0.1) is 11.9 Å². The maximum Gasteiger partial charge on any atom is 0.244 e. The molecule has 1 atom stereocenters. The van der Waals surface area contributed by atoms with E-state index in [4.69, 9.17) is 32.7 Å². The second kappa shape index (κ2) is 13.5. The van der Waals surface area contributed by atoms with Gasteiger partial charge in [0.1, 0.15) is 12.6 Å². The van der Waals surface area contributed by atoms with Crippen molar-refractivity contribution in [2.75, 3.05) is 30.4 Å². The van der Waals surface area contributed by atoms with Crippen LogP contribution in [0, 0.1) is 0 Å². The van der Waals surface area contributed by atoms with Crippen molar-refractivity contribution in [1.82, 2.24) is 10.2 Å². The summed E-state index contributed by atoms with van der Waals surface area (Å²) in [6.45, 7) is 1.75. The number of hydrogen-bond acceptors (Lipinski definition) is 6. The van der Waals surface area contributed by atoms with Crippen LogP contribution in [0.1, 0.15) is 24.5 Å². The minimum atomic E-state index is -3.92. The Labute approximate surface area is 250 Å². The Morgan fingerprint density at radius 3 is 2.41 bits per heavy atom. The number of amides is 2. The molecule has 0 unspecified atom stereocenters. The molecule has 1 aliphatic heterocycles. The first kappa shape index (κ1) is 30.5. The molecule has 0 fully saturated rings. The molecule has 0 saturated heterocycles. The monoisotopic (exact) mass is 619 g/mol. The third-order valence-electron chi connectivity index (χ3n) is 6.50. The van der Waals surface area contributed by atoms with E-state index in [1.54, 1.807) is 24.3 Å². The van der Waals surface area contributed by atoms with Crippen molar-refractivity contribution in [1.29, 1.82) is 0 Å². The van der Waals surface area contributed by atoms with E-state index < -0.39 is 28.5 Å². The van der Waals surface area contributed by atoms with E-state index in [0.717, 1.165) is 16.1 Å². The summed E-state index contributed by atoms with van der Waals surface area (Å²) in [5.74, 6) is -0.104. The first-order valence-corrected chi connectivity index (χ1v) is 15.6. The number of hydrogen-bond donors (Lipinski definition) is 1. The number of anilines is 1. The average Bonchev–Trinajstić information content (AvgIpc) is 3.41. The number of benzene rings is 3. The molecule has 3 aromatic carbocycles. The number of ether oxygens (including phenoxy) is 2. The van der Waals surface area contributed by atoms with Crippen LogP contribution in [-0.2, 0) is 32.6 Å². The third-order valence-corrected chi connectivity index (χ3v) is 8.23. The molecule has 4 rings (SSSR count). The quantitative estimate of drug-likeness (QED) is 0.316. The summed E-state index contributed by atoms with van der Waals surface area (Å²) in [6.07, 6.45) is 1.92. The van der Waals surface area contributed by atoms with Crippen LogP contribution < -0.4 is 19.1 Å². The van der Waals surface area contributed by atoms with Crippen LogP contribution in [0.15, 0.2) is 66.7 Å². The third kappa shape index (κ3) is 7.84. The molecule has 3 aromatic rings. The van der Waals surface area contributed by atoms with E-state index >= 15 is 0 Å². The predicted molar refractivity (Wildman–Crippen MR) is 159 cm³/mol. The molecule has 41 heavy (non-hydrogen) atoms. The molecule has 1 N–H and O–H groups in total. The predicted octanol–water partition coefficient (Wildman–Crippen LogP) is 4.65. The van der Waals surface area contributed by atoms with E-state index in [1.807, 2.05) is 37.3 Å². The van der Waals surface area contributed by atoms with Crippen molar-refractivity contribution < 1.29 is 27.5 Å². The zero-order valence-electron chi connectivity index (χ0n) is 22.7. The van der Waals surface area contributed by atoms with Gasteiger partial charge in [-0.2, -0.15) is 0 Å². The minimum absolute atomic E-state index is 0.0141. The van der Waals surface area contributed by atoms with E-state index in [9.17, 15) is 18.0 Å². The number of carbonyl (C=O) groups is 2. The van der Waals surface area contributed by atoms with Crippen molar-refractivity contribution in [3.8, 4) is 11.5 Å². The molecule has 0 aromatic heterocycles. The van der Waals surface area contributed by atoms with Crippen LogP contribution in [0.25, 0.3) is 0 Å². The summed E-state index contributed by atoms with van der Waals surface area (Å²) in [4.78, 5) is 29.0. The van der Waals surface area contributed by atoms with Crippen molar-refractivity contribution >= 4 is 50.7 Å². The van der Waals surface area contributed by atoms with Gasteiger partial charge in [-0.15, -0.1) is 0 Å². The Morgan fingerprint density at radius 1 is 1.00 bits per heavy atom. The highest BCUT2D eigenvalue weighted by molar-refractivity contribution is 7.92. The molecule has 9 nitrogen and oxygen atoms in total. The molecule has 1 heterocycles. The second-order valence-corrected chi connectivity index (χ2v) is 12.3. The van der Waals surface area contributed by atoms with E-state index in [2.05, 4.69) is 5.32 Å². The van der Waals surface area contributed by atoms with Crippen LogP contribution in [0.4, 0.5) is 5.69 Å². The lowest BCUT2D eigenvalue weighted by Crippen LogP contribution is -2.53. The number of carbonyl (C=O) groups excluding carboxylic acids is 2. The van der Waals surface area contributed by atoms with Crippen molar-refractivity contribution in [2.45, 2.75) is 32.4 Å². The van der Waals surface area contributed by atoms with Crippen LogP contribution >= 0.6 is 23.2 Å². The van der Waals surface area contributed by atoms with Crippen LogP contribution in [0.2, 0.25) is 10.0 Å². The lowest BCUT2D eigenvalue weighted by molar-refractivity contribution is -0.140. The van der Waals surface area contributed by atoms with E-state index in [-0.39, 0.29) is 31.4 Å². The molecule has 0 bridgehead atoms. The molecule has 2 amide bonds. The fourth-order valence-electron chi connectivity index (χ4n) is 4.41. The van der Waals surface area contributed by atoms with Gasteiger partial charge in [0.25, 0.3) is 0 Å². The Bertz CT molecular complexity index is 1500. The van der Waals surface area contributed by atoms with Crippen LogP contribution in [0.3, 0.4) is 0 Å². The molecule has 0 spiro atoms. The van der Waals surface area contributed by atoms with Crippen LogP contribution in [0.5, 0.6) is 11.5 Å². The summed E-state index contributed by atoms with van der Waals surface area (Å²) in [5, 5.41) is 3.63. The summed E-state index contributed by atoms with van der Waals surface area (Å²) in [7, 11) is -3.92. The highest BCUT2D eigenvalue weighted by atomic mass is 35.5.